The summed E-state index contributed by atoms with van der Waals surface area (Å²) in [6, 6.07) is 7.42. The van der Waals surface area contributed by atoms with Crippen LogP contribution in [-0.2, 0) is 10.0 Å². The van der Waals surface area contributed by atoms with Crippen molar-refractivity contribution >= 4 is 10.0 Å². The van der Waals surface area contributed by atoms with Crippen LogP contribution in [0, 0.1) is 6.92 Å². The molecule has 0 aliphatic carbocycles. The molecule has 0 unspecified atom stereocenters. The van der Waals surface area contributed by atoms with E-state index in [1.807, 2.05) is 0 Å². The van der Waals surface area contributed by atoms with E-state index in [0.29, 0.717) is 11.4 Å². The molecule has 0 radical (unpaired) electrons. The molecule has 0 aliphatic rings. The summed E-state index contributed by atoms with van der Waals surface area (Å²) in [7, 11) is -2.14. The van der Waals surface area contributed by atoms with Crippen molar-refractivity contribution in [3.63, 3.8) is 0 Å². The predicted octanol–water partition coefficient (Wildman–Crippen LogP) is 0.760. The third-order valence-electron chi connectivity index (χ3n) is 2.92. The Morgan fingerprint density at radius 2 is 1.80 bits per heavy atom. The van der Waals surface area contributed by atoms with Crippen LogP contribution in [-0.4, -0.2) is 25.1 Å². The summed E-state index contributed by atoms with van der Waals surface area (Å²) >= 11 is 0. The zero-order valence-corrected chi connectivity index (χ0v) is 11.8. The number of sulfonamides is 1. The van der Waals surface area contributed by atoms with Crippen molar-refractivity contribution in [2.45, 2.75) is 11.8 Å². The Kier molecular flexibility index (Phi) is 3.65. The highest BCUT2D eigenvalue weighted by atomic mass is 32.2. The van der Waals surface area contributed by atoms with E-state index in [2.05, 4.69) is 4.72 Å². The Labute approximate surface area is 116 Å². The second-order valence-electron chi connectivity index (χ2n) is 4.24. The summed E-state index contributed by atoms with van der Waals surface area (Å²) in [5.41, 5.74) is 0.831. The molecule has 106 valence electrons. The number of rotatable bonds is 3. The Balaban J connectivity index is 2.51. The van der Waals surface area contributed by atoms with E-state index in [0.717, 1.165) is 0 Å². The Morgan fingerprint density at radius 1 is 1.20 bits per heavy atom. The third-order valence-corrected chi connectivity index (χ3v) is 4.35. The van der Waals surface area contributed by atoms with Gasteiger partial charge in [0.05, 0.1) is 11.1 Å². The maximum Gasteiger partial charge on any atom is 0.240 e. The first-order valence-electron chi connectivity index (χ1n) is 5.81. The standard InChI is InChI=1S/C13H14N2O4S/c1-9-7-12(16)13(17)8-15(9)10-3-5-11(6-4-10)20(18,19)14-2/h3-8,14,17H,1-2H3. The molecular weight excluding hydrogens is 280 g/mol. The van der Waals surface area contributed by atoms with Gasteiger partial charge in [0.1, 0.15) is 0 Å². The van der Waals surface area contributed by atoms with E-state index in [9.17, 15) is 18.3 Å². The number of benzene rings is 1. The van der Waals surface area contributed by atoms with Crippen molar-refractivity contribution in [1.29, 1.82) is 0 Å². The lowest BCUT2D eigenvalue weighted by Gasteiger charge is -2.11. The minimum absolute atomic E-state index is 0.145. The highest BCUT2D eigenvalue weighted by molar-refractivity contribution is 7.89. The van der Waals surface area contributed by atoms with Gasteiger partial charge in [-0.05, 0) is 38.2 Å². The largest absolute Gasteiger partial charge is 0.503 e. The molecular formula is C13H14N2O4S. The molecule has 2 aromatic rings. The Morgan fingerprint density at radius 3 is 2.35 bits per heavy atom. The zero-order chi connectivity index (χ0) is 14.9. The minimum atomic E-state index is -3.48. The highest BCUT2D eigenvalue weighted by Gasteiger charge is 2.11. The van der Waals surface area contributed by atoms with Crippen molar-refractivity contribution in [3.8, 4) is 11.4 Å². The van der Waals surface area contributed by atoms with Gasteiger partial charge in [-0.1, -0.05) is 0 Å². The van der Waals surface area contributed by atoms with E-state index in [1.54, 1.807) is 23.6 Å². The Hall–Kier alpha value is -2.12. The second kappa shape index (κ2) is 5.10. The van der Waals surface area contributed by atoms with E-state index >= 15 is 0 Å². The van der Waals surface area contributed by atoms with Crippen molar-refractivity contribution in [2.24, 2.45) is 0 Å². The monoisotopic (exact) mass is 294 g/mol. The molecule has 0 amide bonds. The van der Waals surface area contributed by atoms with E-state index in [4.69, 9.17) is 0 Å². The number of aromatic hydroxyl groups is 1. The summed E-state index contributed by atoms with van der Waals surface area (Å²) in [4.78, 5) is 11.4. The van der Waals surface area contributed by atoms with Gasteiger partial charge in [-0.3, -0.25) is 4.79 Å². The third kappa shape index (κ3) is 2.59. The molecule has 2 N–H and O–H groups in total. The van der Waals surface area contributed by atoms with Crippen LogP contribution >= 0.6 is 0 Å². The average Bonchev–Trinajstić information content (AvgIpc) is 2.43. The average molecular weight is 294 g/mol. The molecule has 6 nitrogen and oxygen atoms in total. The molecule has 0 aliphatic heterocycles. The van der Waals surface area contributed by atoms with Crippen LogP contribution in [0.1, 0.15) is 5.69 Å². The van der Waals surface area contributed by atoms with Gasteiger partial charge < -0.3 is 9.67 Å². The van der Waals surface area contributed by atoms with Crippen LogP contribution in [0.25, 0.3) is 5.69 Å². The van der Waals surface area contributed by atoms with Crippen LogP contribution in [0.2, 0.25) is 0 Å². The van der Waals surface area contributed by atoms with Gasteiger partial charge in [0.25, 0.3) is 0 Å². The number of nitrogens with zero attached hydrogens (tertiary/aromatic N) is 1. The number of hydrogen-bond donors (Lipinski definition) is 2. The lowest BCUT2D eigenvalue weighted by atomic mass is 10.2. The first kappa shape index (κ1) is 14.3. The number of pyridine rings is 1. The maximum absolute atomic E-state index is 11.6. The van der Waals surface area contributed by atoms with Gasteiger partial charge in [0.2, 0.25) is 15.5 Å². The highest BCUT2D eigenvalue weighted by Crippen LogP contribution is 2.16. The van der Waals surface area contributed by atoms with Crippen LogP contribution in [0.5, 0.6) is 5.75 Å². The van der Waals surface area contributed by atoms with Crippen LogP contribution in [0.15, 0.2) is 46.2 Å². The fraction of sp³-hybridized carbons (Fsp3) is 0.154. The minimum Gasteiger partial charge on any atom is -0.503 e. The molecule has 0 spiro atoms. The first-order valence-corrected chi connectivity index (χ1v) is 7.30. The first-order chi connectivity index (χ1) is 9.35. The number of aryl methyl sites for hydroxylation is 1. The van der Waals surface area contributed by atoms with E-state index in [-0.39, 0.29) is 10.6 Å². The smallest absolute Gasteiger partial charge is 0.240 e. The van der Waals surface area contributed by atoms with Crippen molar-refractivity contribution in [2.75, 3.05) is 7.05 Å². The van der Waals surface area contributed by atoms with Gasteiger partial charge in [-0.25, -0.2) is 13.1 Å². The van der Waals surface area contributed by atoms with Crippen LogP contribution in [0.3, 0.4) is 0 Å². The molecule has 1 heterocycles. The molecule has 20 heavy (non-hydrogen) atoms. The van der Waals surface area contributed by atoms with Gasteiger partial charge in [0, 0.05) is 17.4 Å². The quantitative estimate of drug-likeness (QED) is 0.874. The molecule has 0 fully saturated rings. The number of hydrogen-bond acceptors (Lipinski definition) is 4. The van der Waals surface area contributed by atoms with Crippen molar-refractivity contribution in [1.82, 2.24) is 9.29 Å². The Bertz CT molecular complexity index is 792. The number of aromatic nitrogens is 1. The predicted molar refractivity (Wildman–Crippen MR) is 74.7 cm³/mol. The molecule has 1 aromatic carbocycles. The fourth-order valence-corrected chi connectivity index (χ4v) is 2.53. The van der Waals surface area contributed by atoms with Crippen molar-refractivity contribution in [3.05, 3.63) is 52.4 Å². The maximum atomic E-state index is 11.6. The molecule has 1 aromatic heterocycles. The van der Waals surface area contributed by atoms with Gasteiger partial charge in [0.15, 0.2) is 5.75 Å². The summed E-state index contributed by atoms with van der Waals surface area (Å²) in [6.45, 7) is 1.72. The van der Waals surface area contributed by atoms with Gasteiger partial charge >= 0.3 is 0 Å². The normalized spacial score (nSPS) is 11.5. The summed E-state index contributed by atoms with van der Waals surface area (Å²) in [5.74, 6) is -0.359. The molecule has 0 atom stereocenters. The second-order valence-corrected chi connectivity index (χ2v) is 6.12. The van der Waals surface area contributed by atoms with E-state index < -0.39 is 15.5 Å². The summed E-state index contributed by atoms with van der Waals surface area (Å²) < 4.78 is 27.1. The number of nitrogens with one attached hydrogen (secondary N) is 1. The SMILES string of the molecule is CNS(=O)(=O)c1ccc(-n2cc(O)c(=O)cc2C)cc1. The van der Waals surface area contributed by atoms with Crippen LogP contribution < -0.4 is 10.2 Å². The summed E-state index contributed by atoms with van der Waals surface area (Å²) in [5, 5.41) is 9.47. The van der Waals surface area contributed by atoms with Crippen molar-refractivity contribution < 1.29 is 13.5 Å². The molecule has 7 heteroatoms. The molecule has 0 saturated heterocycles. The molecule has 0 saturated carbocycles. The zero-order valence-electron chi connectivity index (χ0n) is 11.0. The summed E-state index contributed by atoms with van der Waals surface area (Å²) in [6.07, 6.45) is 1.30. The molecule has 2 rings (SSSR count). The topological polar surface area (TPSA) is 88.4 Å². The lowest BCUT2D eigenvalue weighted by Crippen LogP contribution is -2.18. The lowest BCUT2D eigenvalue weighted by molar-refractivity contribution is 0.465. The van der Waals surface area contributed by atoms with Gasteiger partial charge in [-0.2, -0.15) is 0 Å². The molecule has 0 bridgehead atoms. The van der Waals surface area contributed by atoms with Gasteiger partial charge in [-0.15, -0.1) is 0 Å². The van der Waals surface area contributed by atoms with E-state index in [1.165, 1.54) is 31.4 Å². The van der Waals surface area contributed by atoms with Crippen LogP contribution in [0.4, 0.5) is 0 Å². The fourth-order valence-electron chi connectivity index (χ4n) is 1.80.